The number of para-hydroxylation sites is 1. The number of fused-ring (bicyclic) bond motifs is 10. The van der Waals surface area contributed by atoms with Gasteiger partial charge in [-0.15, -0.1) is 0 Å². The molecule has 0 radical (unpaired) electrons. The zero-order chi connectivity index (χ0) is 38.9. The molecule has 2 heterocycles. The molecule has 0 saturated carbocycles. The normalized spacial score (nSPS) is 11.7. The van der Waals surface area contributed by atoms with Crippen LogP contribution in [0.2, 0.25) is 0 Å². The quantitative estimate of drug-likeness (QED) is 0.164. The molecule has 12 rings (SSSR count). The third-order valence-electron chi connectivity index (χ3n) is 12.0. The number of rotatable bonds is 5. The first-order valence-corrected chi connectivity index (χ1v) is 20.1. The highest BCUT2D eigenvalue weighted by atomic mass is 15.0. The molecular weight excluding hydrogens is 715 g/mol. The maximum absolute atomic E-state index is 5.23. The summed E-state index contributed by atoms with van der Waals surface area (Å²) in [7, 11) is 0. The Morgan fingerprint density at radius 3 is 1.63 bits per heavy atom. The maximum atomic E-state index is 5.23. The second kappa shape index (κ2) is 13.4. The zero-order valence-corrected chi connectivity index (χ0v) is 32.0. The second-order valence-electron chi connectivity index (χ2n) is 15.4. The topological polar surface area (TPSA) is 30.7 Å². The molecule has 0 spiro atoms. The Kier molecular flexibility index (Phi) is 7.54. The van der Waals surface area contributed by atoms with Gasteiger partial charge in [-0.3, -0.25) is 4.98 Å². The van der Waals surface area contributed by atoms with Crippen molar-refractivity contribution in [2.75, 3.05) is 0 Å². The van der Waals surface area contributed by atoms with Gasteiger partial charge in [0.25, 0.3) is 0 Å². The summed E-state index contributed by atoms with van der Waals surface area (Å²) in [6.45, 7) is 0. The van der Waals surface area contributed by atoms with E-state index in [0.29, 0.717) is 0 Å². The van der Waals surface area contributed by atoms with Crippen LogP contribution in [0.15, 0.2) is 212 Å². The summed E-state index contributed by atoms with van der Waals surface area (Å²) < 4.78 is 2.39. The van der Waals surface area contributed by atoms with Crippen molar-refractivity contribution in [2.45, 2.75) is 0 Å². The van der Waals surface area contributed by atoms with Gasteiger partial charge in [0, 0.05) is 32.8 Å². The molecule has 0 fully saturated rings. The summed E-state index contributed by atoms with van der Waals surface area (Å²) in [5.74, 6) is 0. The van der Waals surface area contributed by atoms with Crippen molar-refractivity contribution < 1.29 is 0 Å². The fraction of sp³-hybridized carbons (Fsp3) is 0. The predicted molar refractivity (Wildman–Crippen MR) is 248 cm³/mol. The van der Waals surface area contributed by atoms with Crippen LogP contribution in [0.1, 0.15) is 0 Å². The van der Waals surface area contributed by atoms with Gasteiger partial charge in [0.15, 0.2) is 0 Å². The van der Waals surface area contributed by atoms with E-state index in [2.05, 4.69) is 211 Å². The molecule has 0 aliphatic heterocycles. The Morgan fingerprint density at radius 2 is 0.864 bits per heavy atom. The van der Waals surface area contributed by atoms with E-state index in [-0.39, 0.29) is 0 Å². The van der Waals surface area contributed by atoms with Crippen molar-refractivity contribution in [1.82, 2.24) is 14.5 Å². The van der Waals surface area contributed by atoms with E-state index in [1.165, 1.54) is 65.6 Å². The molecule has 0 atom stereocenters. The Hall–Kier alpha value is -7.88. The van der Waals surface area contributed by atoms with E-state index in [4.69, 9.17) is 9.97 Å². The lowest BCUT2D eigenvalue weighted by Gasteiger charge is -2.11. The van der Waals surface area contributed by atoms with Gasteiger partial charge in [-0.05, 0) is 91.3 Å². The molecule has 0 N–H and O–H groups in total. The molecule has 3 nitrogen and oxygen atoms in total. The lowest BCUT2D eigenvalue weighted by Crippen LogP contribution is -1.94. The molecule has 0 aliphatic carbocycles. The van der Waals surface area contributed by atoms with E-state index in [0.717, 1.165) is 49.9 Å². The molecule has 59 heavy (non-hydrogen) atoms. The largest absolute Gasteiger partial charge is 0.309 e. The molecule has 12 aromatic rings. The van der Waals surface area contributed by atoms with Gasteiger partial charge in [-0.25, -0.2) is 4.98 Å². The van der Waals surface area contributed by atoms with E-state index in [9.17, 15) is 0 Å². The highest BCUT2D eigenvalue weighted by molar-refractivity contribution is 6.23. The summed E-state index contributed by atoms with van der Waals surface area (Å²) in [5.41, 5.74) is 14.5. The summed E-state index contributed by atoms with van der Waals surface area (Å²) in [4.78, 5) is 10.2. The number of nitrogens with zero attached hydrogens (tertiary/aromatic N) is 3. The van der Waals surface area contributed by atoms with Crippen molar-refractivity contribution >= 4 is 65.2 Å². The van der Waals surface area contributed by atoms with Gasteiger partial charge >= 0.3 is 0 Å². The smallest absolute Gasteiger partial charge is 0.0979 e. The fourth-order valence-corrected chi connectivity index (χ4v) is 9.17. The lowest BCUT2D eigenvalue weighted by atomic mass is 9.97. The summed E-state index contributed by atoms with van der Waals surface area (Å²) in [6.07, 6.45) is 1.92. The van der Waals surface area contributed by atoms with Crippen LogP contribution in [0.25, 0.3) is 115 Å². The average molecular weight is 750 g/mol. The van der Waals surface area contributed by atoms with Gasteiger partial charge in [-0.1, -0.05) is 170 Å². The standard InChI is InChI=1S/C56H35N3/c1-2-15-44-39(11-1)12-10-21-45(44)41-29-32-54-51(34-41)48-18-7-8-22-53(48)59(54)43-30-27-37(28-31-43)36-23-25-38(26-24-36)40-13-9-14-42(33-40)52-35-57-55-49-19-5-3-16-46(49)47-17-4-6-20-50(47)56(55)58-52/h1-35H. The highest BCUT2D eigenvalue weighted by Crippen LogP contribution is 2.38. The third-order valence-corrected chi connectivity index (χ3v) is 12.0. The predicted octanol–water partition coefficient (Wildman–Crippen LogP) is 14.9. The van der Waals surface area contributed by atoms with Gasteiger partial charge in [0.05, 0.1) is 34.0 Å². The van der Waals surface area contributed by atoms with Crippen molar-refractivity contribution in [3.05, 3.63) is 212 Å². The molecule has 10 aromatic carbocycles. The van der Waals surface area contributed by atoms with Crippen molar-refractivity contribution in [3.8, 4) is 50.3 Å². The van der Waals surface area contributed by atoms with Crippen LogP contribution in [0.3, 0.4) is 0 Å². The fourth-order valence-electron chi connectivity index (χ4n) is 9.17. The molecule has 0 amide bonds. The van der Waals surface area contributed by atoms with E-state index in [1.807, 2.05) is 6.20 Å². The summed E-state index contributed by atoms with van der Waals surface area (Å²) in [5, 5.41) is 9.69. The molecule has 0 bridgehead atoms. The van der Waals surface area contributed by atoms with Gasteiger partial charge in [0.1, 0.15) is 0 Å². The lowest BCUT2D eigenvalue weighted by molar-refractivity contribution is 1.18. The molecule has 2 aromatic heterocycles. The first kappa shape index (κ1) is 33.3. The zero-order valence-electron chi connectivity index (χ0n) is 32.0. The molecule has 3 heteroatoms. The molecule has 0 saturated heterocycles. The summed E-state index contributed by atoms with van der Waals surface area (Å²) in [6, 6.07) is 74.3. The van der Waals surface area contributed by atoms with Crippen LogP contribution in [0.4, 0.5) is 0 Å². The van der Waals surface area contributed by atoms with Crippen LogP contribution in [0, 0.1) is 0 Å². The first-order chi connectivity index (χ1) is 29.2. The second-order valence-corrected chi connectivity index (χ2v) is 15.4. The van der Waals surface area contributed by atoms with Crippen LogP contribution in [-0.4, -0.2) is 14.5 Å². The number of hydrogen-bond acceptors (Lipinski definition) is 2. The molecule has 274 valence electrons. The Morgan fingerprint density at radius 1 is 0.322 bits per heavy atom. The summed E-state index contributed by atoms with van der Waals surface area (Å²) >= 11 is 0. The van der Waals surface area contributed by atoms with Gasteiger partial charge < -0.3 is 4.57 Å². The SMILES string of the molecule is c1cc(-c2ccc(-c3ccc(-n4c5ccccc5c5cc(-c6cccc7ccccc67)ccc54)cc3)cc2)cc(-c2cnc3c4ccccc4c4ccccc4c3n2)c1. The van der Waals surface area contributed by atoms with E-state index >= 15 is 0 Å². The molecular formula is C56H35N3. The minimum Gasteiger partial charge on any atom is -0.309 e. The third kappa shape index (κ3) is 5.44. The van der Waals surface area contributed by atoms with Crippen molar-refractivity contribution in [1.29, 1.82) is 0 Å². The van der Waals surface area contributed by atoms with Crippen molar-refractivity contribution in [3.63, 3.8) is 0 Å². The number of benzene rings is 10. The van der Waals surface area contributed by atoms with Crippen LogP contribution in [0.5, 0.6) is 0 Å². The molecule has 0 aliphatic rings. The average Bonchev–Trinajstić information content (AvgIpc) is 3.65. The van der Waals surface area contributed by atoms with Crippen LogP contribution >= 0.6 is 0 Å². The van der Waals surface area contributed by atoms with Gasteiger partial charge in [0.2, 0.25) is 0 Å². The maximum Gasteiger partial charge on any atom is 0.0979 e. The Balaban J connectivity index is 0.858. The van der Waals surface area contributed by atoms with Crippen LogP contribution in [-0.2, 0) is 0 Å². The molecule has 0 unspecified atom stereocenters. The monoisotopic (exact) mass is 749 g/mol. The Labute approximate surface area is 341 Å². The number of hydrogen-bond donors (Lipinski definition) is 0. The minimum atomic E-state index is 0.866. The van der Waals surface area contributed by atoms with Crippen molar-refractivity contribution in [2.24, 2.45) is 0 Å². The first-order valence-electron chi connectivity index (χ1n) is 20.1. The number of aromatic nitrogens is 3. The van der Waals surface area contributed by atoms with Gasteiger partial charge in [-0.2, -0.15) is 0 Å². The van der Waals surface area contributed by atoms with E-state index < -0.39 is 0 Å². The highest BCUT2D eigenvalue weighted by Gasteiger charge is 2.16. The van der Waals surface area contributed by atoms with E-state index in [1.54, 1.807) is 0 Å². The Bertz CT molecular complexity index is 3560. The van der Waals surface area contributed by atoms with Crippen LogP contribution < -0.4 is 0 Å². The minimum absolute atomic E-state index is 0.866.